The number of fused-ring (bicyclic) bond motifs is 3. The van der Waals surface area contributed by atoms with Gasteiger partial charge >= 0.3 is 5.97 Å². The lowest BCUT2D eigenvalue weighted by Gasteiger charge is -2.42. The van der Waals surface area contributed by atoms with Gasteiger partial charge in [0.25, 0.3) is 11.7 Å². The largest absolute Gasteiger partial charge is 0.460 e. The Morgan fingerprint density at radius 2 is 1.54 bits per heavy atom. The number of amides is 1. The van der Waals surface area contributed by atoms with Crippen molar-refractivity contribution in [3.8, 4) is 0 Å². The number of ether oxygens (including phenoxy) is 5. The zero-order valence-corrected chi connectivity index (χ0v) is 40.6. The fraction of sp³-hybridized carbons (Fsp3) is 0.755. The van der Waals surface area contributed by atoms with E-state index in [1.165, 1.54) is 12.0 Å². The first-order chi connectivity index (χ1) is 30.7. The molecule has 0 aromatic rings. The number of rotatable bonds is 6. The smallest absolute Gasteiger partial charge is 0.329 e. The molecule has 1 amide bonds. The van der Waals surface area contributed by atoms with Crippen molar-refractivity contribution in [2.24, 2.45) is 35.5 Å². The summed E-state index contributed by atoms with van der Waals surface area (Å²) in [5.74, 6) is -7.96. The summed E-state index contributed by atoms with van der Waals surface area (Å²) in [7, 11) is 4.52. The summed E-state index contributed by atoms with van der Waals surface area (Å²) in [6, 6.07) is -1.14. The normalized spacial score (nSPS) is 38.0. The second-order valence-electron chi connectivity index (χ2n) is 19.6. The van der Waals surface area contributed by atoms with Crippen molar-refractivity contribution >= 4 is 29.2 Å². The number of esters is 1. The van der Waals surface area contributed by atoms with Crippen LogP contribution >= 0.6 is 0 Å². The SMILES string of the molecule is C.C.CO[C@H]1C[C@@H]2CC[C@@H](C)[C@@](O)(O2)C(=O)C(=O)N2CCCC[C@H]2C(=O)O[C@H]([C@H](C)C[C@@H]2CC[C@@H](O)[C@H](OC)C2)CC(=O)[C@H](C)/C=C(\C)[C@@H](O)[C@@H](OC)C(=O)[C@H](C)C[C@H](C)/C=C/C=CC=C1C. The van der Waals surface area contributed by atoms with Crippen molar-refractivity contribution in [2.75, 3.05) is 27.9 Å². The molecule has 15 atom stereocenters. The van der Waals surface area contributed by atoms with Crippen molar-refractivity contribution in [1.29, 1.82) is 0 Å². The van der Waals surface area contributed by atoms with Crippen molar-refractivity contribution in [3.05, 3.63) is 47.6 Å². The van der Waals surface area contributed by atoms with E-state index in [2.05, 4.69) is 0 Å². The molecule has 0 spiro atoms. The molecule has 1 aliphatic carbocycles. The lowest BCUT2D eigenvalue weighted by Crippen LogP contribution is -2.61. The number of piperidine rings is 1. The van der Waals surface area contributed by atoms with E-state index in [1.54, 1.807) is 41.1 Å². The topological polar surface area (TPSA) is 195 Å². The Morgan fingerprint density at radius 3 is 2.19 bits per heavy atom. The van der Waals surface area contributed by atoms with E-state index < -0.39 is 83.9 Å². The average Bonchev–Trinajstić information content (AvgIpc) is 3.28. The van der Waals surface area contributed by atoms with Crippen LogP contribution in [0.1, 0.15) is 140 Å². The molecule has 1 saturated carbocycles. The molecule has 0 radical (unpaired) electrons. The maximum absolute atomic E-state index is 14.4. The molecule has 14 heteroatoms. The van der Waals surface area contributed by atoms with Gasteiger partial charge in [-0.15, -0.1) is 0 Å². The van der Waals surface area contributed by atoms with Gasteiger partial charge in [0.15, 0.2) is 5.78 Å². The van der Waals surface area contributed by atoms with Crippen molar-refractivity contribution in [2.45, 2.75) is 195 Å². The summed E-state index contributed by atoms with van der Waals surface area (Å²) in [4.78, 5) is 71.8. The predicted octanol–water partition coefficient (Wildman–Crippen LogP) is 7.45. The summed E-state index contributed by atoms with van der Waals surface area (Å²) in [5, 5.41) is 33.8. The Bertz CT molecular complexity index is 1760. The maximum atomic E-state index is 14.4. The fourth-order valence-electron chi connectivity index (χ4n) is 10.1. The van der Waals surface area contributed by atoms with E-state index in [-0.39, 0.29) is 69.7 Å². The second-order valence-corrected chi connectivity index (χ2v) is 19.6. The Hall–Kier alpha value is -3.37. The van der Waals surface area contributed by atoms with Crippen LogP contribution < -0.4 is 0 Å². The van der Waals surface area contributed by atoms with Gasteiger partial charge in [-0.3, -0.25) is 19.2 Å². The lowest BCUT2D eigenvalue weighted by molar-refractivity contribution is -0.265. The van der Waals surface area contributed by atoms with Crippen molar-refractivity contribution < 1.29 is 63.0 Å². The van der Waals surface area contributed by atoms with E-state index in [4.69, 9.17) is 23.7 Å². The molecule has 2 saturated heterocycles. The summed E-state index contributed by atoms with van der Waals surface area (Å²) < 4.78 is 29.4. The van der Waals surface area contributed by atoms with Crippen LogP contribution in [-0.4, -0.2) is 132 Å². The summed E-state index contributed by atoms with van der Waals surface area (Å²) in [6.45, 7) is 12.7. The first kappa shape index (κ1) is 59.8. The molecule has 0 aromatic heterocycles. The molecular formula is C53H87NO13. The van der Waals surface area contributed by atoms with Crippen LogP contribution in [0.2, 0.25) is 0 Å². The number of allylic oxidation sites excluding steroid dienone is 6. The number of methoxy groups -OCH3 is 3. The minimum atomic E-state index is -2.43. The van der Waals surface area contributed by atoms with E-state index in [0.717, 1.165) is 12.0 Å². The number of hydrogen-bond acceptors (Lipinski definition) is 13. The fourth-order valence-corrected chi connectivity index (χ4v) is 10.1. The summed E-state index contributed by atoms with van der Waals surface area (Å²) in [5.41, 5.74) is 1.27. The molecule has 67 heavy (non-hydrogen) atoms. The van der Waals surface area contributed by atoms with E-state index in [9.17, 15) is 39.3 Å². The summed E-state index contributed by atoms with van der Waals surface area (Å²) >= 11 is 0. The highest BCUT2D eigenvalue weighted by molar-refractivity contribution is 6.39. The first-order valence-electron chi connectivity index (χ1n) is 23.9. The Kier molecular flexibility index (Phi) is 24.7. The van der Waals surface area contributed by atoms with Crippen LogP contribution in [0.15, 0.2) is 47.6 Å². The zero-order valence-electron chi connectivity index (χ0n) is 40.6. The Labute approximate surface area is 401 Å². The molecule has 2 bridgehead atoms. The molecule has 3 heterocycles. The number of aliphatic hydroxyl groups is 3. The van der Waals surface area contributed by atoms with Gasteiger partial charge in [0.1, 0.15) is 30.1 Å². The minimum Gasteiger partial charge on any atom is -0.460 e. The second kappa shape index (κ2) is 27.7. The monoisotopic (exact) mass is 946 g/mol. The third-order valence-corrected chi connectivity index (χ3v) is 14.5. The zero-order chi connectivity index (χ0) is 48.2. The Balaban J connectivity index is 0.00000771. The van der Waals surface area contributed by atoms with E-state index in [0.29, 0.717) is 63.4 Å². The van der Waals surface area contributed by atoms with Gasteiger partial charge in [-0.25, -0.2) is 4.79 Å². The van der Waals surface area contributed by atoms with Crippen LogP contribution in [0, 0.1) is 35.5 Å². The van der Waals surface area contributed by atoms with Gasteiger partial charge in [0.05, 0.1) is 24.4 Å². The molecular weight excluding hydrogens is 859 g/mol. The first-order valence-corrected chi connectivity index (χ1v) is 23.9. The van der Waals surface area contributed by atoms with Crippen molar-refractivity contribution in [3.63, 3.8) is 0 Å². The molecule has 3 aliphatic heterocycles. The van der Waals surface area contributed by atoms with Crippen molar-refractivity contribution in [1.82, 2.24) is 4.90 Å². The van der Waals surface area contributed by atoms with Gasteiger partial charge in [0, 0.05) is 58.5 Å². The molecule has 14 nitrogen and oxygen atoms in total. The number of hydrogen-bond donors (Lipinski definition) is 3. The average molecular weight is 946 g/mol. The third-order valence-electron chi connectivity index (χ3n) is 14.5. The highest BCUT2D eigenvalue weighted by atomic mass is 16.6. The van der Waals surface area contributed by atoms with Gasteiger partial charge in [-0.1, -0.05) is 85.9 Å². The number of Topliss-reactive ketones (excluding diaryl/α,β-unsaturated/α-hetero) is 3. The lowest BCUT2D eigenvalue weighted by atomic mass is 9.78. The van der Waals surface area contributed by atoms with Gasteiger partial charge in [0.2, 0.25) is 5.79 Å². The molecule has 0 unspecified atom stereocenters. The van der Waals surface area contributed by atoms with Gasteiger partial charge in [-0.2, -0.15) is 0 Å². The van der Waals surface area contributed by atoms with Gasteiger partial charge in [-0.05, 0) is 107 Å². The highest BCUT2D eigenvalue weighted by Crippen LogP contribution is 2.38. The number of carbonyl (C=O) groups is 5. The molecule has 4 rings (SSSR count). The van der Waals surface area contributed by atoms with E-state index >= 15 is 0 Å². The molecule has 0 aromatic carbocycles. The Morgan fingerprint density at radius 1 is 0.836 bits per heavy atom. The van der Waals surface area contributed by atoms with Gasteiger partial charge < -0.3 is 43.9 Å². The van der Waals surface area contributed by atoms with Crippen LogP contribution in [0.25, 0.3) is 0 Å². The number of cyclic esters (lactones) is 1. The molecule has 382 valence electrons. The summed E-state index contributed by atoms with van der Waals surface area (Å²) in [6.07, 6.45) is 11.2. The third kappa shape index (κ3) is 15.8. The minimum absolute atomic E-state index is 0. The van der Waals surface area contributed by atoms with Crippen LogP contribution in [0.5, 0.6) is 0 Å². The van der Waals surface area contributed by atoms with Crippen LogP contribution in [0.4, 0.5) is 0 Å². The number of carbonyl (C=O) groups excluding carboxylic acids is 5. The quantitative estimate of drug-likeness (QED) is 0.135. The number of nitrogens with zero attached hydrogens (tertiary/aromatic N) is 1. The molecule has 4 aliphatic rings. The highest BCUT2D eigenvalue weighted by Gasteiger charge is 2.53. The predicted molar refractivity (Wildman–Crippen MR) is 259 cm³/mol. The molecule has 3 N–H and O–H groups in total. The maximum Gasteiger partial charge on any atom is 0.329 e. The van der Waals surface area contributed by atoms with Crippen LogP contribution in [-0.2, 0) is 47.7 Å². The molecule has 3 fully saturated rings. The standard InChI is InChI=1S/C51H79NO13.2CH4/c1-30-16-12-11-13-17-31(2)42(61-8)28-38-21-19-36(7)51(60,65-38)48(57)49(58)52-23-15-14-18-39(52)50(59)64-43(33(4)26-37-20-22-40(53)44(27-37)62-9)29-41(54)32(3)25-35(6)46(56)47(63-10)45(55)34(5)24-30;;/h11-13,16-17,25,30,32-34,36-40,42-44,46-47,53,56,60H,14-15,18-24,26-29H2,1-10H3;2*1H4/b13-11?,16-12+,31-17?,35-25+;;/t30-,32-,33-,34-,36-,37+,38+,39+,40-,42+,43+,44-,46-,47+,51-;;/m1../s1. The van der Waals surface area contributed by atoms with Crippen LogP contribution in [0.3, 0.4) is 0 Å². The van der Waals surface area contributed by atoms with E-state index in [1.807, 2.05) is 58.1 Å². The number of ketones is 3. The number of aliphatic hydroxyl groups excluding tert-OH is 2.